The van der Waals surface area contributed by atoms with Gasteiger partial charge in [-0.1, -0.05) is 6.07 Å². The lowest BCUT2D eigenvalue weighted by Gasteiger charge is -2.33. The van der Waals surface area contributed by atoms with Crippen LogP contribution in [0.4, 0.5) is 35.2 Å². The van der Waals surface area contributed by atoms with Gasteiger partial charge in [0.2, 0.25) is 0 Å². The first kappa shape index (κ1) is 30.5. The predicted molar refractivity (Wildman–Crippen MR) is 153 cm³/mol. The zero-order valence-corrected chi connectivity index (χ0v) is 23.5. The van der Waals surface area contributed by atoms with Crippen molar-refractivity contribution in [1.82, 2.24) is 25.1 Å². The van der Waals surface area contributed by atoms with Gasteiger partial charge in [0.1, 0.15) is 5.75 Å². The number of hydrogen-bond donors (Lipinski definition) is 4. The molecule has 3 aromatic rings. The van der Waals surface area contributed by atoms with Crippen LogP contribution < -0.4 is 26.0 Å². The molecule has 1 aliphatic rings. The molecule has 4 N–H and O–H groups in total. The second-order valence-electron chi connectivity index (χ2n) is 9.80. The molecule has 1 aromatic heterocycles. The molecule has 4 rings (SSSR count). The second-order valence-corrected chi connectivity index (χ2v) is 9.80. The Morgan fingerprint density at radius 1 is 0.976 bits per heavy atom. The summed E-state index contributed by atoms with van der Waals surface area (Å²) in [5.74, 6) is 0.0562. The van der Waals surface area contributed by atoms with Gasteiger partial charge in [0.05, 0.1) is 37.3 Å². The zero-order chi connectivity index (χ0) is 30.3. The number of methoxy groups -OCH3 is 1. The van der Waals surface area contributed by atoms with Crippen molar-refractivity contribution in [2.24, 2.45) is 0 Å². The van der Waals surface area contributed by atoms with Crippen LogP contribution in [-0.2, 0) is 19.3 Å². The number of anilines is 3. The highest BCUT2D eigenvalue weighted by molar-refractivity contribution is 6.05. The number of nitrogens with one attached hydrogen (secondary N) is 4. The lowest BCUT2D eigenvalue weighted by molar-refractivity contribution is -0.138. The van der Waals surface area contributed by atoms with E-state index in [4.69, 9.17) is 4.74 Å². The highest BCUT2D eigenvalue weighted by Gasteiger charge is 2.34. The van der Waals surface area contributed by atoms with Crippen LogP contribution in [-0.4, -0.2) is 79.1 Å². The maximum absolute atomic E-state index is 14.0. The van der Waals surface area contributed by atoms with Gasteiger partial charge in [-0.3, -0.25) is 20.0 Å². The number of halogens is 3. The SMILES string of the molecule is CNC(=O)Nc1cnc(CNc2cc(OC)cc(C(=O)Nc3ccc(CN4CCN(C)CC4)c(C(F)(F)F)c3)c2)cn1. The van der Waals surface area contributed by atoms with E-state index >= 15 is 0 Å². The summed E-state index contributed by atoms with van der Waals surface area (Å²) < 4.78 is 47.3. The maximum Gasteiger partial charge on any atom is 0.416 e. The van der Waals surface area contributed by atoms with E-state index in [2.05, 4.69) is 36.1 Å². The van der Waals surface area contributed by atoms with Crippen molar-refractivity contribution >= 4 is 29.1 Å². The first-order chi connectivity index (χ1) is 20.0. The molecule has 0 aliphatic carbocycles. The van der Waals surface area contributed by atoms with Gasteiger partial charge >= 0.3 is 12.2 Å². The molecule has 2 aromatic carbocycles. The lowest BCUT2D eigenvalue weighted by Crippen LogP contribution is -2.44. The first-order valence-electron chi connectivity index (χ1n) is 13.2. The molecule has 0 unspecified atom stereocenters. The van der Waals surface area contributed by atoms with E-state index in [9.17, 15) is 22.8 Å². The molecule has 42 heavy (non-hydrogen) atoms. The number of nitrogens with zero attached hydrogens (tertiary/aromatic N) is 4. The summed E-state index contributed by atoms with van der Waals surface area (Å²) in [6.45, 7) is 3.38. The van der Waals surface area contributed by atoms with E-state index in [1.165, 1.54) is 44.8 Å². The summed E-state index contributed by atoms with van der Waals surface area (Å²) in [4.78, 5) is 37.0. The molecule has 224 valence electrons. The van der Waals surface area contributed by atoms with Crippen LogP contribution >= 0.6 is 0 Å². The number of rotatable bonds is 9. The number of piperazine rings is 1. The molecule has 11 nitrogen and oxygen atoms in total. The number of aromatic nitrogens is 2. The van der Waals surface area contributed by atoms with Gasteiger partial charge in [0, 0.05) is 62.8 Å². The Bertz CT molecular complexity index is 1390. The fourth-order valence-corrected chi connectivity index (χ4v) is 4.34. The third kappa shape index (κ3) is 8.30. The molecular weight excluding hydrogens is 553 g/mol. The highest BCUT2D eigenvalue weighted by atomic mass is 19.4. The van der Waals surface area contributed by atoms with Gasteiger partial charge in [-0.2, -0.15) is 13.2 Å². The van der Waals surface area contributed by atoms with Crippen molar-refractivity contribution in [2.75, 3.05) is 63.3 Å². The summed E-state index contributed by atoms with van der Waals surface area (Å²) in [5, 5.41) is 10.6. The molecule has 0 bridgehead atoms. The molecular formula is C28H33F3N8O3. The Morgan fingerprint density at radius 2 is 1.74 bits per heavy atom. The van der Waals surface area contributed by atoms with Crippen molar-refractivity contribution in [2.45, 2.75) is 19.3 Å². The van der Waals surface area contributed by atoms with Crippen LogP contribution in [0.5, 0.6) is 5.75 Å². The van der Waals surface area contributed by atoms with Crippen LogP contribution in [0.15, 0.2) is 48.8 Å². The minimum absolute atomic E-state index is 0.0347. The summed E-state index contributed by atoms with van der Waals surface area (Å²) in [6.07, 6.45) is -1.69. The average molecular weight is 587 g/mol. The van der Waals surface area contributed by atoms with Crippen molar-refractivity contribution < 1.29 is 27.5 Å². The molecule has 0 radical (unpaired) electrons. The largest absolute Gasteiger partial charge is 0.497 e. The van der Waals surface area contributed by atoms with Gasteiger partial charge in [-0.25, -0.2) is 9.78 Å². The van der Waals surface area contributed by atoms with E-state index in [-0.39, 0.29) is 35.7 Å². The molecule has 1 aliphatic heterocycles. The maximum atomic E-state index is 14.0. The van der Waals surface area contributed by atoms with Crippen LogP contribution in [0.3, 0.4) is 0 Å². The first-order valence-corrected chi connectivity index (χ1v) is 13.2. The standard InChI is InChI=1S/C28H33F3N8O3/c1-32-27(41)37-25-16-34-22(15-35-25)14-33-21-10-19(11-23(12-21)42-3)26(40)36-20-5-4-18(24(13-20)28(29,30)31)17-39-8-6-38(2)7-9-39/h4-5,10-13,15-16,33H,6-9,14,17H2,1-3H3,(H,36,40)(H2,32,35,37,41). The Labute approximate surface area is 241 Å². The Morgan fingerprint density at radius 3 is 2.38 bits per heavy atom. The van der Waals surface area contributed by atoms with Crippen LogP contribution in [0.1, 0.15) is 27.2 Å². The van der Waals surface area contributed by atoms with Crippen molar-refractivity contribution in [1.29, 1.82) is 0 Å². The monoisotopic (exact) mass is 586 g/mol. The van der Waals surface area contributed by atoms with Crippen molar-refractivity contribution in [3.8, 4) is 5.75 Å². The van der Waals surface area contributed by atoms with E-state index < -0.39 is 23.7 Å². The number of hydrogen-bond acceptors (Lipinski definition) is 8. The minimum atomic E-state index is -4.57. The van der Waals surface area contributed by atoms with Crippen LogP contribution in [0.2, 0.25) is 0 Å². The Balaban J connectivity index is 1.45. The number of ether oxygens (including phenoxy) is 1. The third-order valence-corrected chi connectivity index (χ3v) is 6.72. The summed E-state index contributed by atoms with van der Waals surface area (Å²) in [5.41, 5.74) is 0.689. The van der Waals surface area contributed by atoms with Gasteiger partial charge in [0.15, 0.2) is 5.82 Å². The molecule has 0 atom stereocenters. The summed E-state index contributed by atoms with van der Waals surface area (Å²) in [6, 6.07) is 8.18. The van der Waals surface area contributed by atoms with E-state index in [0.29, 0.717) is 30.2 Å². The van der Waals surface area contributed by atoms with Gasteiger partial charge in [-0.05, 0) is 36.9 Å². The lowest BCUT2D eigenvalue weighted by atomic mass is 10.0. The smallest absolute Gasteiger partial charge is 0.416 e. The summed E-state index contributed by atoms with van der Waals surface area (Å²) >= 11 is 0. The quantitative estimate of drug-likeness (QED) is 0.298. The number of carbonyl (C=O) groups is 2. The minimum Gasteiger partial charge on any atom is -0.497 e. The average Bonchev–Trinajstić information content (AvgIpc) is 2.97. The molecule has 3 amide bonds. The van der Waals surface area contributed by atoms with Crippen LogP contribution in [0.25, 0.3) is 0 Å². The Kier molecular flexibility index (Phi) is 9.80. The number of benzene rings is 2. The molecule has 1 fully saturated rings. The van der Waals surface area contributed by atoms with Crippen molar-refractivity contribution in [3.05, 3.63) is 71.2 Å². The molecule has 2 heterocycles. The predicted octanol–water partition coefficient (Wildman–Crippen LogP) is 3.87. The van der Waals surface area contributed by atoms with E-state index in [1.807, 2.05) is 11.9 Å². The highest BCUT2D eigenvalue weighted by Crippen LogP contribution is 2.35. The Hall–Kier alpha value is -4.43. The van der Waals surface area contributed by atoms with Crippen LogP contribution in [0, 0.1) is 0 Å². The van der Waals surface area contributed by atoms with E-state index in [0.717, 1.165) is 19.2 Å². The van der Waals surface area contributed by atoms with Gasteiger partial charge < -0.3 is 25.6 Å². The van der Waals surface area contributed by atoms with Crippen molar-refractivity contribution in [3.63, 3.8) is 0 Å². The number of alkyl halides is 3. The summed E-state index contributed by atoms with van der Waals surface area (Å²) in [7, 11) is 4.91. The fraction of sp³-hybridized carbons (Fsp3) is 0.357. The molecule has 0 saturated carbocycles. The molecule has 14 heteroatoms. The second kappa shape index (κ2) is 13.5. The number of amides is 3. The third-order valence-electron chi connectivity index (χ3n) is 6.72. The van der Waals surface area contributed by atoms with Gasteiger partial charge in [-0.15, -0.1) is 0 Å². The number of carbonyl (C=O) groups excluding carboxylic acids is 2. The van der Waals surface area contributed by atoms with E-state index in [1.54, 1.807) is 12.1 Å². The normalized spacial score (nSPS) is 14.2. The topological polar surface area (TPSA) is 124 Å². The van der Waals surface area contributed by atoms with Gasteiger partial charge in [0.25, 0.3) is 5.91 Å². The number of likely N-dealkylation sites (N-methyl/N-ethyl adjacent to an activating group) is 1. The fourth-order valence-electron chi connectivity index (χ4n) is 4.34. The molecule has 0 spiro atoms. The zero-order valence-electron chi connectivity index (χ0n) is 23.5. The molecule has 1 saturated heterocycles. The number of urea groups is 1.